The van der Waals surface area contributed by atoms with Crippen LogP contribution in [0.5, 0.6) is 5.88 Å². The molecule has 0 aromatic carbocycles. The Morgan fingerprint density at radius 1 is 1.26 bits per heavy atom. The van der Waals surface area contributed by atoms with Gasteiger partial charge in [0.2, 0.25) is 5.88 Å². The molecular weight excluding hydrogens is 338 g/mol. The molecule has 27 heavy (non-hydrogen) atoms. The van der Waals surface area contributed by atoms with Crippen LogP contribution in [-0.4, -0.2) is 46.9 Å². The van der Waals surface area contributed by atoms with Crippen molar-refractivity contribution >= 4 is 5.78 Å². The number of H-pyrrole nitrogens is 1. The van der Waals surface area contributed by atoms with Crippen molar-refractivity contribution in [3.8, 4) is 17.1 Å². The maximum Gasteiger partial charge on any atom is 0.224 e. The maximum atomic E-state index is 12.1. The molecule has 4 rings (SSSR count). The normalized spacial score (nSPS) is 25.1. The topological polar surface area (TPSA) is 58.2 Å². The summed E-state index contributed by atoms with van der Waals surface area (Å²) in [7, 11) is 4.32. The van der Waals surface area contributed by atoms with Crippen molar-refractivity contribution in [2.45, 2.75) is 76.4 Å². The van der Waals surface area contributed by atoms with Crippen molar-refractivity contribution in [3.63, 3.8) is 0 Å². The monoisotopic (exact) mass is 369 g/mol. The lowest BCUT2D eigenvalue weighted by Crippen LogP contribution is -2.35. The smallest absolute Gasteiger partial charge is 0.224 e. The molecule has 146 valence electrons. The largest absolute Gasteiger partial charge is 0.474 e. The van der Waals surface area contributed by atoms with Crippen molar-refractivity contribution in [1.82, 2.24) is 14.9 Å². The van der Waals surface area contributed by atoms with Gasteiger partial charge in [-0.3, -0.25) is 4.79 Å². The molecule has 1 fully saturated rings. The Hall–Kier alpha value is -1.88. The zero-order chi connectivity index (χ0) is 19.0. The summed E-state index contributed by atoms with van der Waals surface area (Å²) in [5.41, 5.74) is 4.90. The fourth-order valence-corrected chi connectivity index (χ4v) is 4.90. The molecule has 4 aliphatic rings. The number of hydrogen-bond donors (Lipinski definition) is 1. The molecule has 5 heteroatoms. The van der Waals surface area contributed by atoms with E-state index in [1.165, 1.54) is 24.0 Å². The molecule has 0 aromatic rings. The first-order valence-electron chi connectivity index (χ1n) is 10.4. The quantitative estimate of drug-likeness (QED) is 0.830. The SMILES string of the molecule is CCC(=O)C[C@H]1CCc2cc3[nH]cnc(OC4CCC(N(C)C)CC4)c-3c21. The number of nitrogens with zero attached hydrogens (tertiary/aromatic N) is 2. The predicted molar refractivity (Wildman–Crippen MR) is 107 cm³/mol. The summed E-state index contributed by atoms with van der Waals surface area (Å²) in [5.74, 6) is 1.42. The molecule has 1 heterocycles. The molecule has 0 aromatic heterocycles. The van der Waals surface area contributed by atoms with Crippen LogP contribution >= 0.6 is 0 Å². The minimum absolute atomic E-state index is 0.238. The average Bonchev–Trinajstić information content (AvgIpc) is 3.22. The van der Waals surface area contributed by atoms with Gasteiger partial charge in [-0.25, -0.2) is 4.98 Å². The number of aromatic amines is 1. The molecule has 0 amide bonds. The van der Waals surface area contributed by atoms with E-state index in [4.69, 9.17) is 4.74 Å². The number of Topliss-reactive ketones (excluding diaryl/α,β-unsaturated/α-hetero) is 1. The van der Waals surface area contributed by atoms with Crippen molar-refractivity contribution in [3.05, 3.63) is 23.5 Å². The first kappa shape index (κ1) is 18.5. The first-order chi connectivity index (χ1) is 13.1. The molecule has 1 N–H and O–H groups in total. The lowest BCUT2D eigenvalue weighted by atomic mass is 9.92. The third-order valence-electron chi connectivity index (χ3n) is 6.51. The number of hydrogen-bond acceptors (Lipinski definition) is 4. The molecule has 1 saturated carbocycles. The Labute approximate surface area is 161 Å². The number of carbonyl (C=O) groups excluding carboxylic acids is 1. The number of fused-ring (bicyclic) bond motifs is 3. The minimum atomic E-state index is 0.238. The second-order valence-corrected chi connectivity index (χ2v) is 8.42. The highest BCUT2D eigenvalue weighted by molar-refractivity contribution is 5.82. The Balaban J connectivity index is 1.57. The lowest BCUT2D eigenvalue weighted by molar-refractivity contribution is -0.119. The summed E-state index contributed by atoms with van der Waals surface area (Å²) in [5, 5.41) is 0. The van der Waals surface area contributed by atoms with Crippen LogP contribution < -0.4 is 4.74 Å². The molecule has 0 unspecified atom stereocenters. The summed E-state index contributed by atoms with van der Waals surface area (Å²) < 4.78 is 6.43. The van der Waals surface area contributed by atoms with E-state index in [-0.39, 0.29) is 6.10 Å². The third kappa shape index (κ3) is 3.62. The van der Waals surface area contributed by atoms with Gasteiger partial charge >= 0.3 is 0 Å². The second-order valence-electron chi connectivity index (χ2n) is 8.42. The predicted octanol–water partition coefficient (Wildman–Crippen LogP) is 4.17. The van der Waals surface area contributed by atoms with Gasteiger partial charge in [-0.15, -0.1) is 0 Å². The number of aryl methyl sites for hydroxylation is 1. The number of aromatic nitrogens is 2. The van der Waals surface area contributed by atoms with Crippen molar-refractivity contribution in [1.29, 1.82) is 0 Å². The van der Waals surface area contributed by atoms with Gasteiger partial charge in [0.25, 0.3) is 0 Å². The van der Waals surface area contributed by atoms with E-state index < -0.39 is 0 Å². The number of carbonyl (C=O) groups is 1. The van der Waals surface area contributed by atoms with E-state index in [1.807, 2.05) is 6.92 Å². The van der Waals surface area contributed by atoms with Crippen molar-refractivity contribution < 1.29 is 9.53 Å². The molecule has 0 saturated heterocycles. The van der Waals surface area contributed by atoms with Crippen LogP contribution in [-0.2, 0) is 11.2 Å². The molecule has 1 atom stereocenters. The number of rotatable bonds is 6. The molecule has 0 bridgehead atoms. The summed E-state index contributed by atoms with van der Waals surface area (Å²) in [6.45, 7) is 1.95. The van der Waals surface area contributed by atoms with Crippen LogP contribution in [0.25, 0.3) is 11.3 Å². The summed E-state index contributed by atoms with van der Waals surface area (Å²) in [4.78, 5) is 22.2. The van der Waals surface area contributed by atoms with Crippen LogP contribution in [0.1, 0.15) is 68.9 Å². The van der Waals surface area contributed by atoms with E-state index in [1.54, 1.807) is 6.33 Å². The van der Waals surface area contributed by atoms with Crippen LogP contribution in [0.15, 0.2) is 12.4 Å². The fourth-order valence-electron chi connectivity index (χ4n) is 4.90. The van der Waals surface area contributed by atoms with E-state index in [0.717, 1.165) is 42.8 Å². The minimum Gasteiger partial charge on any atom is -0.474 e. The standard InChI is InChI=1S/C22H31N3O2/c1-4-17(26)11-14-5-6-15-12-19-21(20(14)15)22(24-13-23-19)27-18-9-7-16(8-10-18)25(2)3/h12-14,16,18H,4-11H2,1-3H3,(H,23,24)/t14-,16?,18?/m1/s1. The van der Waals surface area contributed by atoms with Crippen molar-refractivity contribution in [2.24, 2.45) is 0 Å². The number of ketones is 1. The van der Waals surface area contributed by atoms with Crippen molar-refractivity contribution in [2.75, 3.05) is 14.1 Å². The van der Waals surface area contributed by atoms with E-state index in [2.05, 4.69) is 35.0 Å². The third-order valence-corrected chi connectivity index (χ3v) is 6.51. The maximum absolute atomic E-state index is 12.1. The molecule has 5 nitrogen and oxygen atoms in total. The number of ether oxygens (including phenoxy) is 1. The van der Waals surface area contributed by atoms with Crippen LogP contribution in [0.4, 0.5) is 0 Å². The Bertz CT molecular complexity index is 774. The highest BCUT2D eigenvalue weighted by atomic mass is 16.5. The second kappa shape index (κ2) is 7.63. The Morgan fingerprint density at radius 3 is 2.74 bits per heavy atom. The Kier molecular flexibility index (Phi) is 5.22. The van der Waals surface area contributed by atoms with Gasteiger partial charge in [0, 0.05) is 18.9 Å². The van der Waals surface area contributed by atoms with Crippen LogP contribution in [0, 0.1) is 0 Å². The van der Waals surface area contributed by atoms with E-state index in [9.17, 15) is 4.79 Å². The highest BCUT2D eigenvalue weighted by Crippen LogP contribution is 2.48. The summed E-state index contributed by atoms with van der Waals surface area (Å²) >= 11 is 0. The van der Waals surface area contributed by atoms with Crippen LogP contribution in [0.2, 0.25) is 0 Å². The molecule has 1 aliphatic heterocycles. The molecule has 0 radical (unpaired) electrons. The number of nitrogens with one attached hydrogen (secondary N) is 1. The van der Waals surface area contributed by atoms with Gasteiger partial charge in [0.15, 0.2) is 0 Å². The molecule has 3 aliphatic carbocycles. The zero-order valence-electron chi connectivity index (χ0n) is 16.8. The highest BCUT2D eigenvalue weighted by Gasteiger charge is 2.34. The zero-order valence-corrected chi connectivity index (χ0v) is 16.8. The Morgan fingerprint density at radius 2 is 2.04 bits per heavy atom. The van der Waals surface area contributed by atoms with Gasteiger partial charge in [-0.2, -0.15) is 0 Å². The summed E-state index contributed by atoms with van der Waals surface area (Å²) in [6.07, 6.45) is 9.85. The van der Waals surface area contributed by atoms with Crippen LogP contribution in [0.3, 0.4) is 0 Å². The van der Waals surface area contributed by atoms with E-state index in [0.29, 0.717) is 30.6 Å². The molecule has 0 spiro atoms. The van der Waals surface area contributed by atoms with Gasteiger partial charge in [0.05, 0.1) is 17.6 Å². The lowest BCUT2D eigenvalue weighted by Gasteiger charge is -2.32. The average molecular weight is 370 g/mol. The molecular formula is C22H31N3O2. The van der Waals surface area contributed by atoms with Gasteiger partial charge in [-0.1, -0.05) is 6.92 Å². The first-order valence-corrected chi connectivity index (χ1v) is 10.4. The fraction of sp³-hybridized carbons (Fsp3) is 0.636. The van der Waals surface area contributed by atoms with Gasteiger partial charge < -0.3 is 14.6 Å². The van der Waals surface area contributed by atoms with Gasteiger partial charge in [0.1, 0.15) is 11.9 Å². The van der Waals surface area contributed by atoms with E-state index >= 15 is 0 Å². The summed E-state index contributed by atoms with van der Waals surface area (Å²) in [6, 6.07) is 2.90. The van der Waals surface area contributed by atoms with Gasteiger partial charge in [-0.05, 0) is 75.7 Å².